The second-order valence-corrected chi connectivity index (χ2v) is 7.06. The molecule has 2 fully saturated rings. The molecule has 0 radical (unpaired) electrons. The second kappa shape index (κ2) is 7.95. The molecule has 1 aromatic rings. The molecule has 8 nitrogen and oxygen atoms in total. The van der Waals surface area contributed by atoms with Gasteiger partial charge in [0, 0.05) is 25.6 Å². The van der Waals surface area contributed by atoms with Crippen molar-refractivity contribution in [2.75, 3.05) is 32.8 Å². The minimum atomic E-state index is -0.545. The fourth-order valence-electron chi connectivity index (χ4n) is 3.25. The summed E-state index contributed by atoms with van der Waals surface area (Å²) in [6, 6.07) is 0. The van der Waals surface area contributed by atoms with E-state index in [1.807, 2.05) is 18.7 Å². The predicted molar refractivity (Wildman–Crippen MR) is 90.9 cm³/mol. The Hall–Kier alpha value is -1.96. The molecular formula is C17H27N5O3. The van der Waals surface area contributed by atoms with Crippen LogP contribution in [-0.4, -0.2) is 75.7 Å². The maximum atomic E-state index is 12.6. The summed E-state index contributed by atoms with van der Waals surface area (Å²) in [5, 5.41) is 6.95. The van der Waals surface area contributed by atoms with Crippen molar-refractivity contribution >= 4 is 11.8 Å². The van der Waals surface area contributed by atoms with Gasteiger partial charge in [0.05, 0.1) is 19.6 Å². The smallest absolute Gasteiger partial charge is 0.253 e. The first-order chi connectivity index (χ1) is 12.0. The fourth-order valence-corrected chi connectivity index (χ4v) is 3.25. The number of carbonyl (C=O) groups excluding carboxylic acids is 2. The molecule has 8 heteroatoms. The van der Waals surface area contributed by atoms with Crippen LogP contribution in [0.1, 0.15) is 50.7 Å². The number of morpholine rings is 1. The number of hydrogen-bond acceptors (Lipinski definition) is 5. The lowest BCUT2D eigenvalue weighted by molar-refractivity contribution is -0.154. The van der Waals surface area contributed by atoms with Crippen LogP contribution in [0.4, 0.5) is 0 Å². The standard InChI is InChI=1S/C17H27N5O3/c1-12(2)16-18-14(19-20-16)10-15(23)22-8-9-25-13(11-22)17(24)21-6-4-3-5-7-21/h12-13H,3-11H2,1-2H3,(H,18,19,20). The van der Waals surface area contributed by atoms with Crippen LogP contribution < -0.4 is 0 Å². The second-order valence-electron chi connectivity index (χ2n) is 7.06. The summed E-state index contributed by atoms with van der Waals surface area (Å²) >= 11 is 0. The first-order valence-electron chi connectivity index (χ1n) is 9.14. The fraction of sp³-hybridized carbons (Fsp3) is 0.765. The van der Waals surface area contributed by atoms with E-state index in [0.717, 1.165) is 25.9 Å². The molecule has 1 aromatic heterocycles. The van der Waals surface area contributed by atoms with Crippen LogP contribution in [-0.2, 0) is 20.7 Å². The zero-order valence-corrected chi connectivity index (χ0v) is 15.0. The summed E-state index contributed by atoms with van der Waals surface area (Å²) < 4.78 is 5.64. The molecule has 25 heavy (non-hydrogen) atoms. The molecule has 3 heterocycles. The maximum Gasteiger partial charge on any atom is 0.253 e. The molecule has 1 atom stereocenters. The number of nitrogens with one attached hydrogen (secondary N) is 1. The Balaban J connectivity index is 1.56. The van der Waals surface area contributed by atoms with Crippen LogP contribution in [0.3, 0.4) is 0 Å². The summed E-state index contributed by atoms with van der Waals surface area (Å²) in [5.41, 5.74) is 0. The summed E-state index contributed by atoms with van der Waals surface area (Å²) in [6.07, 6.45) is 2.90. The Labute approximate surface area is 147 Å². The van der Waals surface area contributed by atoms with E-state index >= 15 is 0 Å². The lowest BCUT2D eigenvalue weighted by atomic mass is 10.1. The monoisotopic (exact) mass is 349 g/mol. The number of carbonyl (C=O) groups is 2. The van der Waals surface area contributed by atoms with Gasteiger partial charge in [-0.25, -0.2) is 4.98 Å². The van der Waals surface area contributed by atoms with E-state index in [9.17, 15) is 9.59 Å². The molecule has 0 bridgehead atoms. The first kappa shape index (κ1) is 17.8. The highest BCUT2D eigenvalue weighted by Crippen LogP contribution is 2.15. The minimum absolute atomic E-state index is 0.0129. The quantitative estimate of drug-likeness (QED) is 0.864. The number of rotatable bonds is 4. The Morgan fingerprint density at radius 1 is 1.20 bits per heavy atom. The van der Waals surface area contributed by atoms with Gasteiger partial charge in [0.25, 0.3) is 5.91 Å². The summed E-state index contributed by atoms with van der Waals surface area (Å²) in [4.78, 5) is 33.1. The first-order valence-corrected chi connectivity index (χ1v) is 9.14. The van der Waals surface area contributed by atoms with Gasteiger partial charge >= 0.3 is 0 Å². The highest BCUT2D eigenvalue weighted by Gasteiger charge is 2.32. The van der Waals surface area contributed by atoms with E-state index < -0.39 is 6.10 Å². The number of ether oxygens (including phenoxy) is 1. The number of H-pyrrole nitrogens is 1. The Kier molecular flexibility index (Phi) is 5.67. The third kappa shape index (κ3) is 4.36. The largest absolute Gasteiger partial charge is 0.365 e. The van der Waals surface area contributed by atoms with Gasteiger partial charge in [0.15, 0.2) is 11.9 Å². The van der Waals surface area contributed by atoms with Crippen molar-refractivity contribution in [3.05, 3.63) is 11.6 Å². The minimum Gasteiger partial charge on any atom is -0.365 e. The summed E-state index contributed by atoms with van der Waals surface area (Å²) in [6.45, 7) is 6.82. The molecule has 2 amide bonds. The van der Waals surface area contributed by atoms with Crippen molar-refractivity contribution in [3.8, 4) is 0 Å². The number of aromatic amines is 1. The third-order valence-corrected chi connectivity index (χ3v) is 4.75. The average Bonchev–Trinajstić information content (AvgIpc) is 3.11. The Morgan fingerprint density at radius 3 is 2.64 bits per heavy atom. The molecule has 0 aromatic carbocycles. The highest BCUT2D eigenvalue weighted by atomic mass is 16.5. The van der Waals surface area contributed by atoms with Crippen molar-refractivity contribution in [2.45, 2.75) is 51.6 Å². The van der Waals surface area contributed by atoms with Gasteiger partial charge in [-0.05, 0) is 19.3 Å². The molecule has 2 aliphatic rings. The van der Waals surface area contributed by atoms with Crippen LogP contribution >= 0.6 is 0 Å². The molecule has 0 spiro atoms. The average molecular weight is 349 g/mol. The Morgan fingerprint density at radius 2 is 1.96 bits per heavy atom. The molecule has 1 unspecified atom stereocenters. The zero-order chi connectivity index (χ0) is 17.8. The van der Waals surface area contributed by atoms with Crippen molar-refractivity contribution in [1.29, 1.82) is 0 Å². The number of nitrogens with zero attached hydrogens (tertiary/aromatic N) is 4. The van der Waals surface area contributed by atoms with E-state index in [1.54, 1.807) is 4.90 Å². The topological polar surface area (TPSA) is 91.4 Å². The molecule has 2 aliphatic heterocycles. The SMILES string of the molecule is CC(C)c1n[nH]c(CC(=O)N2CCOC(C(=O)N3CCCCC3)C2)n1. The van der Waals surface area contributed by atoms with Gasteiger partial charge in [-0.3, -0.25) is 14.7 Å². The van der Waals surface area contributed by atoms with Gasteiger partial charge in [-0.2, -0.15) is 5.10 Å². The van der Waals surface area contributed by atoms with Gasteiger partial charge in [0.1, 0.15) is 5.82 Å². The van der Waals surface area contributed by atoms with Gasteiger partial charge in [-0.1, -0.05) is 13.8 Å². The van der Waals surface area contributed by atoms with E-state index in [2.05, 4.69) is 15.2 Å². The lowest BCUT2D eigenvalue weighted by Crippen LogP contribution is -2.53. The summed E-state index contributed by atoms with van der Waals surface area (Å²) in [5.74, 6) is 1.46. The number of aromatic nitrogens is 3. The predicted octanol–water partition coefficient (Wildman–Crippen LogP) is 0.711. The van der Waals surface area contributed by atoms with E-state index in [0.29, 0.717) is 31.3 Å². The Bertz CT molecular complexity index is 609. The molecule has 3 rings (SSSR count). The number of likely N-dealkylation sites (tertiary alicyclic amines) is 1. The molecular weight excluding hydrogens is 322 g/mol. The van der Waals surface area contributed by atoms with E-state index in [-0.39, 0.29) is 24.2 Å². The van der Waals surface area contributed by atoms with Gasteiger partial charge < -0.3 is 14.5 Å². The molecule has 138 valence electrons. The third-order valence-electron chi connectivity index (χ3n) is 4.75. The maximum absolute atomic E-state index is 12.6. The normalized spacial score (nSPS) is 21.6. The van der Waals surface area contributed by atoms with Gasteiger partial charge in [0.2, 0.25) is 5.91 Å². The number of hydrogen-bond donors (Lipinski definition) is 1. The van der Waals surface area contributed by atoms with Crippen LogP contribution in [0.15, 0.2) is 0 Å². The highest BCUT2D eigenvalue weighted by molar-refractivity contribution is 5.83. The number of amides is 2. The van der Waals surface area contributed by atoms with Crippen LogP contribution in [0.2, 0.25) is 0 Å². The van der Waals surface area contributed by atoms with E-state index in [1.165, 1.54) is 6.42 Å². The van der Waals surface area contributed by atoms with Crippen LogP contribution in [0, 0.1) is 0 Å². The molecule has 2 saturated heterocycles. The molecule has 0 saturated carbocycles. The summed E-state index contributed by atoms with van der Waals surface area (Å²) in [7, 11) is 0. The van der Waals surface area contributed by atoms with Crippen LogP contribution in [0.25, 0.3) is 0 Å². The van der Waals surface area contributed by atoms with Crippen molar-refractivity contribution in [3.63, 3.8) is 0 Å². The zero-order valence-electron chi connectivity index (χ0n) is 15.0. The lowest BCUT2D eigenvalue weighted by Gasteiger charge is -2.36. The van der Waals surface area contributed by atoms with Crippen molar-refractivity contribution in [1.82, 2.24) is 25.0 Å². The number of piperidine rings is 1. The van der Waals surface area contributed by atoms with E-state index in [4.69, 9.17) is 4.74 Å². The van der Waals surface area contributed by atoms with Crippen molar-refractivity contribution in [2.24, 2.45) is 0 Å². The molecule has 1 N–H and O–H groups in total. The van der Waals surface area contributed by atoms with Crippen molar-refractivity contribution < 1.29 is 14.3 Å². The van der Waals surface area contributed by atoms with Crippen LogP contribution in [0.5, 0.6) is 0 Å². The van der Waals surface area contributed by atoms with Gasteiger partial charge in [-0.15, -0.1) is 0 Å². The molecule has 0 aliphatic carbocycles.